The lowest BCUT2D eigenvalue weighted by Crippen LogP contribution is -2.24. The first kappa shape index (κ1) is 12.1. The molecule has 0 saturated heterocycles. The molecule has 1 rings (SSSR count). The Kier molecular flexibility index (Phi) is 4.64. The van der Waals surface area contributed by atoms with Crippen LogP contribution in [0, 0.1) is 0 Å². The highest BCUT2D eigenvalue weighted by Gasteiger charge is 2.05. The fourth-order valence-electron chi connectivity index (χ4n) is 0.993. The van der Waals surface area contributed by atoms with Gasteiger partial charge in [0, 0.05) is 24.7 Å². The van der Waals surface area contributed by atoms with Gasteiger partial charge in [-0.1, -0.05) is 6.92 Å². The number of sulfone groups is 1. The summed E-state index contributed by atoms with van der Waals surface area (Å²) in [6, 6.07) is 1.74. The summed E-state index contributed by atoms with van der Waals surface area (Å²) in [5.41, 5.74) is 0. The van der Waals surface area contributed by atoms with Crippen molar-refractivity contribution in [1.29, 1.82) is 0 Å². The fraction of sp³-hybridized carbons (Fsp3) is 0.556. The standard InChI is InChI=1S/C9H15N3O2S/c1-2-15(13,14)7-6-10-8-9-11-4-3-5-12-9/h3-5,10H,2,6-8H2,1H3. The number of hydrogen-bond donors (Lipinski definition) is 1. The molecule has 0 aromatic carbocycles. The molecule has 0 unspecified atom stereocenters. The Bertz CT molecular complexity index is 378. The van der Waals surface area contributed by atoms with Crippen LogP contribution in [0.3, 0.4) is 0 Å². The number of nitrogens with zero attached hydrogens (tertiary/aromatic N) is 2. The largest absolute Gasteiger partial charge is 0.309 e. The molecule has 0 atom stereocenters. The van der Waals surface area contributed by atoms with E-state index in [2.05, 4.69) is 15.3 Å². The normalized spacial score (nSPS) is 11.5. The summed E-state index contributed by atoms with van der Waals surface area (Å²) in [5.74, 6) is 1.03. The topological polar surface area (TPSA) is 72.0 Å². The van der Waals surface area contributed by atoms with Gasteiger partial charge < -0.3 is 5.32 Å². The summed E-state index contributed by atoms with van der Waals surface area (Å²) >= 11 is 0. The molecule has 0 aliphatic carbocycles. The van der Waals surface area contributed by atoms with E-state index in [1.54, 1.807) is 25.4 Å². The minimum Gasteiger partial charge on any atom is -0.309 e. The molecule has 0 amide bonds. The predicted octanol–water partition coefficient (Wildman–Crippen LogP) is 0.000900. The predicted molar refractivity (Wildman–Crippen MR) is 58.1 cm³/mol. The Balaban J connectivity index is 2.24. The van der Waals surface area contributed by atoms with E-state index in [0.29, 0.717) is 18.9 Å². The maximum absolute atomic E-state index is 11.1. The molecule has 0 saturated carbocycles. The van der Waals surface area contributed by atoms with Crippen LogP contribution < -0.4 is 5.32 Å². The van der Waals surface area contributed by atoms with Crippen molar-refractivity contribution in [2.45, 2.75) is 13.5 Å². The van der Waals surface area contributed by atoms with Gasteiger partial charge in [-0.25, -0.2) is 18.4 Å². The summed E-state index contributed by atoms with van der Waals surface area (Å²) in [6.45, 7) is 2.59. The fourth-order valence-corrected chi connectivity index (χ4v) is 1.74. The van der Waals surface area contributed by atoms with Gasteiger partial charge in [-0.05, 0) is 6.07 Å². The van der Waals surface area contributed by atoms with Gasteiger partial charge in [-0.3, -0.25) is 0 Å². The van der Waals surface area contributed by atoms with E-state index in [1.165, 1.54) is 0 Å². The van der Waals surface area contributed by atoms with E-state index < -0.39 is 9.84 Å². The maximum Gasteiger partial charge on any atom is 0.151 e. The first-order valence-corrected chi connectivity index (χ1v) is 6.63. The second-order valence-electron chi connectivity index (χ2n) is 3.08. The highest BCUT2D eigenvalue weighted by Crippen LogP contribution is 1.89. The van der Waals surface area contributed by atoms with Crippen LogP contribution >= 0.6 is 0 Å². The van der Waals surface area contributed by atoms with Gasteiger partial charge in [-0.15, -0.1) is 0 Å². The zero-order valence-electron chi connectivity index (χ0n) is 8.68. The van der Waals surface area contributed by atoms with E-state index >= 15 is 0 Å². The van der Waals surface area contributed by atoms with Crippen LogP contribution in [0.25, 0.3) is 0 Å². The van der Waals surface area contributed by atoms with Crippen molar-refractivity contribution in [3.05, 3.63) is 24.3 Å². The minimum atomic E-state index is -2.88. The summed E-state index contributed by atoms with van der Waals surface area (Å²) < 4.78 is 22.3. The Morgan fingerprint density at radius 3 is 2.60 bits per heavy atom. The van der Waals surface area contributed by atoms with Crippen LogP contribution in [0.2, 0.25) is 0 Å². The minimum absolute atomic E-state index is 0.163. The van der Waals surface area contributed by atoms with Crippen molar-refractivity contribution in [2.24, 2.45) is 0 Å². The highest BCUT2D eigenvalue weighted by molar-refractivity contribution is 7.91. The quantitative estimate of drug-likeness (QED) is 0.695. The molecule has 1 N–H and O–H groups in total. The Hall–Kier alpha value is -1.01. The van der Waals surface area contributed by atoms with Crippen LogP contribution in [-0.2, 0) is 16.4 Å². The monoisotopic (exact) mass is 229 g/mol. The van der Waals surface area contributed by atoms with Gasteiger partial charge in [0.05, 0.1) is 12.3 Å². The highest BCUT2D eigenvalue weighted by atomic mass is 32.2. The third-order valence-electron chi connectivity index (χ3n) is 1.93. The molecule has 84 valence electrons. The van der Waals surface area contributed by atoms with E-state index in [-0.39, 0.29) is 11.5 Å². The molecule has 15 heavy (non-hydrogen) atoms. The van der Waals surface area contributed by atoms with Gasteiger partial charge in [0.1, 0.15) is 5.82 Å². The Morgan fingerprint density at radius 2 is 2.00 bits per heavy atom. The van der Waals surface area contributed by atoms with Crippen molar-refractivity contribution in [3.63, 3.8) is 0 Å². The van der Waals surface area contributed by atoms with Gasteiger partial charge in [-0.2, -0.15) is 0 Å². The van der Waals surface area contributed by atoms with E-state index in [9.17, 15) is 8.42 Å². The molecule has 5 nitrogen and oxygen atoms in total. The summed E-state index contributed by atoms with van der Waals surface area (Å²) in [5, 5.41) is 2.99. The number of nitrogens with one attached hydrogen (secondary N) is 1. The van der Waals surface area contributed by atoms with Crippen molar-refractivity contribution in [1.82, 2.24) is 15.3 Å². The Morgan fingerprint density at radius 1 is 1.33 bits per heavy atom. The number of aromatic nitrogens is 2. The number of hydrogen-bond acceptors (Lipinski definition) is 5. The van der Waals surface area contributed by atoms with Crippen LogP contribution in [0.5, 0.6) is 0 Å². The summed E-state index contributed by atoms with van der Waals surface area (Å²) in [7, 11) is -2.88. The molecule has 1 aromatic heterocycles. The first-order valence-electron chi connectivity index (χ1n) is 4.81. The van der Waals surface area contributed by atoms with E-state index in [4.69, 9.17) is 0 Å². The third-order valence-corrected chi connectivity index (χ3v) is 3.64. The lowest BCUT2D eigenvalue weighted by atomic mass is 10.5. The molecule has 0 fully saturated rings. The van der Waals surface area contributed by atoms with Crippen molar-refractivity contribution >= 4 is 9.84 Å². The average Bonchev–Trinajstić information content (AvgIpc) is 2.26. The van der Waals surface area contributed by atoms with E-state index in [1.807, 2.05) is 0 Å². The van der Waals surface area contributed by atoms with E-state index in [0.717, 1.165) is 0 Å². The molecule has 0 aliphatic rings. The van der Waals surface area contributed by atoms with Gasteiger partial charge in [0.25, 0.3) is 0 Å². The lowest BCUT2D eigenvalue weighted by molar-refractivity contribution is 0.590. The molecule has 0 spiro atoms. The maximum atomic E-state index is 11.1. The van der Waals surface area contributed by atoms with Crippen LogP contribution in [0.15, 0.2) is 18.5 Å². The first-order chi connectivity index (χ1) is 7.14. The van der Waals surface area contributed by atoms with Crippen molar-refractivity contribution in [2.75, 3.05) is 18.1 Å². The average molecular weight is 229 g/mol. The smallest absolute Gasteiger partial charge is 0.151 e. The van der Waals surface area contributed by atoms with Crippen LogP contribution in [0.4, 0.5) is 0 Å². The van der Waals surface area contributed by atoms with Gasteiger partial charge >= 0.3 is 0 Å². The molecule has 1 heterocycles. The molecule has 1 aromatic rings. The van der Waals surface area contributed by atoms with Crippen LogP contribution in [-0.4, -0.2) is 36.4 Å². The van der Waals surface area contributed by atoms with Crippen LogP contribution in [0.1, 0.15) is 12.7 Å². The summed E-state index contributed by atoms with van der Waals surface area (Å²) in [4.78, 5) is 8.02. The SMILES string of the molecule is CCS(=O)(=O)CCNCc1ncccn1. The van der Waals surface area contributed by atoms with Crippen molar-refractivity contribution < 1.29 is 8.42 Å². The molecule has 6 heteroatoms. The summed E-state index contributed by atoms with van der Waals surface area (Å²) in [6.07, 6.45) is 3.32. The second kappa shape index (κ2) is 5.77. The van der Waals surface area contributed by atoms with Gasteiger partial charge in [0.15, 0.2) is 9.84 Å². The second-order valence-corrected chi connectivity index (χ2v) is 5.55. The zero-order chi connectivity index (χ0) is 11.1. The zero-order valence-corrected chi connectivity index (χ0v) is 9.50. The lowest BCUT2D eigenvalue weighted by Gasteiger charge is -2.03. The molecule has 0 radical (unpaired) electrons. The third kappa shape index (κ3) is 4.85. The van der Waals surface area contributed by atoms with Gasteiger partial charge in [0.2, 0.25) is 0 Å². The Labute approximate surface area is 89.9 Å². The molecular weight excluding hydrogens is 214 g/mol. The van der Waals surface area contributed by atoms with Crippen molar-refractivity contribution in [3.8, 4) is 0 Å². The molecular formula is C9H15N3O2S. The molecule has 0 aliphatic heterocycles. The molecule has 0 bridgehead atoms. The number of rotatable bonds is 6.